The number of aliphatic hydroxyl groups excluding tert-OH is 1. The highest BCUT2D eigenvalue weighted by Gasteiger charge is 2.29. The van der Waals surface area contributed by atoms with E-state index in [2.05, 4.69) is 5.16 Å². The first-order valence-electron chi connectivity index (χ1n) is 9.49. The van der Waals surface area contributed by atoms with E-state index in [4.69, 9.17) is 10.9 Å². The van der Waals surface area contributed by atoms with Gasteiger partial charge < -0.3 is 16.0 Å². The minimum atomic E-state index is -3.82. The first kappa shape index (κ1) is 23.0. The fourth-order valence-corrected chi connectivity index (χ4v) is 4.61. The Kier molecular flexibility index (Phi) is 8.33. The minimum absolute atomic E-state index is 0.0723. The van der Waals surface area contributed by atoms with E-state index in [0.29, 0.717) is 12.0 Å². The summed E-state index contributed by atoms with van der Waals surface area (Å²) in [5, 5.41) is 22.1. The van der Waals surface area contributed by atoms with Crippen LogP contribution in [0, 0.1) is 5.92 Å². The van der Waals surface area contributed by atoms with E-state index in [9.17, 15) is 13.5 Å². The third kappa shape index (κ3) is 6.64. The van der Waals surface area contributed by atoms with Crippen molar-refractivity contribution in [3.05, 3.63) is 65.7 Å². The molecular weight excluding hydrogens is 390 g/mol. The number of sulfonamides is 1. The first-order valence-corrected chi connectivity index (χ1v) is 10.9. The number of oxime groups is 1. The van der Waals surface area contributed by atoms with Crippen LogP contribution in [0.2, 0.25) is 0 Å². The molecule has 2 aromatic carbocycles. The molecule has 0 fully saturated rings. The fraction of sp³-hybridized carbons (Fsp3) is 0.381. The van der Waals surface area contributed by atoms with Gasteiger partial charge in [-0.2, -0.15) is 4.31 Å². The first-order chi connectivity index (χ1) is 13.7. The molecule has 0 heterocycles. The maximum atomic E-state index is 13.1. The van der Waals surface area contributed by atoms with Gasteiger partial charge in [0.2, 0.25) is 10.0 Å². The van der Waals surface area contributed by atoms with Crippen LogP contribution in [0.25, 0.3) is 0 Å². The molecule has 0 aliphatic rings. The van der Waals surface area contributed by atoms with Gasteiger partial charge in [0.1, 0.15) is 0 Å². The Morgan fingerprint density at radius 2 is 1.69 bits per heavy atom. The highest BCUT2D eigenvalue weighted by atomic mass is 32.2. The number of rotatable bonds is 10. The van der Waals surface area contributed by atoms with Crippen LogP contribution in [0.1, 0.15) is 25.0 Å². The molecule has 7 nitrogen and oxygen atoms in total. The lowest BCUT2D eigenvalue weighted by atomic mass is 10.0. The molecule has 2 atom stereocenters. The zero-order valence-corrected chi connectivity index (χ0v) is 17.5. The molecule has 0 aromatic heterocycles. The van der Waals surface area contributed by atoms with E-state index in [1.807, 2.05) is 44.2 Å². The van der Waals surface area contributed by atoms with Crippen molar-refractivity contribution in [3.63, 3.8) is 0 Å². The van der Waals surface area contributed by atoms with Crippen molar-refractivity contribution in [3.8, 4) is 0 Å². The van der Waals surface area contributed by atoms with Gasteiger partial charge in [0.15, 0.2) is 0 Å². The second-order valence-corrected chi connectivity index (χ2v) is 9.39. The Labute approximate surface area is 172 Å². The molecule has 29 heavy (non-hydrogen) atoms. The van der Waals surface area contributed by atoms with Gasteiger partial charge in [0.25, 0.3) is 0 Å². The topological polar surface area (TPSA) is 116 Å². The quantitative estimate of drug-likeness (QED) is 0.310. The van der Waals surface area contributed by atoms with E-state index in [0.717, 1.165) is 5.56 Å². The van der Waals surface area contributed by atoms with E-state index in [1.54, 1.807) is 12.1 Å². The molecule has 0 aliphatic heterocycles. The van der Waals surface area contributed by atoms with Crippen LogP contribution in [0.5, 0.6) is 0 Å². The van der Waals surface area contributed by atoms with Gasteiger partial charge in [0.05, 0.1) is 17.2 Å². The summed E-state index contributed by atoms with van der Waals surface area (Å²) in [6, 6.07) is 15.0. The monoisotopic (exact) mass is 419 g/mol. The van der Waals surface area contributed by atoms with Crippen LogP contribution in [-0.4, -0.2) is 54.5 Å². The van der Waals surface area contributed by atoms with Crippen molar-refractivity contribution in [1.29, 1.82) is 0 Å². The second kappa shape index (κ2) is 10.5. The van der Waals surface area contributed by atoms with Crippen molar-refractivity contribution in [2.75, 3.05) is 13.1 Å². The lowest BCUT2D eigenvalue weighted by molar-refractivity contribution is 0.116. The largest absolute Gasteiger partial charge is 0.411 e. The lowest BCUT2D eigenvalue weighted by Gasteiger charge is -2.28. The zero-order valence-electron chi connectivity index (χ0n) is 16.7. The van der Waals surface area contributed by atoms with Gasteiger partial charge in [-0.05, 0) is 35.6 Å². The molecule has 0 saturated carbocycles. The number of hydrogen-bond acceptors (Lipinski definition) is 6. The third-order valence-corrected chi connectivity index (χ3v) is 6.34. The molecule has 0 saturated heterocycles. The lowest BCUT2D eigenvalue weighted by Crippen LogP contribution is -2.47. The molecule has 0 radical (unpaired) electrons. The summed E-state index contributed by atoms with van der Waals surface area (Å²) >= 11 is 0. The molecule has 0 spiro atoms. The van der Waals surface area contributed by atoms with Crippen molar-refractivity contribution in [2.45, 2.75) is 37.3 Å². The van der Waals surface area contributed by atoms with Crippen molar-refractivity contribution in [1.82, 2.24) is 4.31 Å². The number of nitrogens with zero attached hydrogens (tertiary/aromatic N) is 2. The summed E-state index contributed by atoms with van der Waals surface area (Å²) in [7, 11) is -3.82. The Morgan fingerprint density at radius 1 is 1.07 bits per heavy atom. The minimum Gasteiger partial charge on any atom is -0.411 e. The van der Waals surface area contributed by atoms with Crippen LogP contribution < -0.4 is 5.73 Å². The van der Waals surface area contributed by atoms with Gasteiger partial charge in [-0.15, -0.1) is 0 Å². The van der Waals surface area contributed by atoms with Crippen molar-refractivity contribution in [2.24, 2.45) is 16.8 Å². The molecular formula is C21H29N3O4S. The van der Waals surface area contributed by atoms with E-state index in [1.165, 1.54) is 22.7 Å². The number of aliphatic hydroxyl groups is 1. The summed E-state index contributed by atoms with van der Waals surface area (Å²) in [5.74, 6) is 0.0723. The van der Waals surface area contributed by atoms with E-state index < -0.39 is 22.2 Å². The Morgan fingerprint density at radius 3 is 2.24 bits per heavy atom. The van der Waals surface area contributed by atoms with Crippen molar-refractivity contribution >= 4 is 16.2 Å². The summed E-state index contributed by atoms with van der Waals surface area (Å²) in [6.07, 6.45) is 0.658. The average molecular weight is 420 g/mol. The zero-order chi connectivity index (χ0) is 21.4. The Balaban J connectivity index is 2.18. The van der Waals surface area contributed by atoms with E-state index >= 15 is 0 Å². The summed E-state index contributed by atoms with van der Waals surface area (Å²) in [4.78, 5) is 0.108. The molecule has 2 aromatic rings. The van der Waals surface area contributed by atoms with Gasteiger partial charge in [0, 0.05) is 19.1 Å². The smallest absolute Gasteiger partial charge is 0.243 e. The summed E-state index contributed by atoms with van der Waals surface area (Å²) < 4.78 is 27.6. The van der Waals surface area contributed by atoms with Crippen molar-refractivity contribution < 1.29 is 18.7 Å². The summed E-state index contributed by atoms with van der Waals surface area (Å²) in [6.45, 7) is 4.00. The average Bonchev–Trinajstić information content (AvgIpc) is 2.68. The van der Waals surface area contributed by atoms with Gasteiger partial charge in [-0.25, -0.2) is 8.42 Å². The Bertz CT molecular complexity index is 884. The van der Waals surface area contributed by atoms with Gasteiger partial charge in [-0.1, -0.05) is 61.5 Å². The van der Waals surface area contributed by atoms with Crippen LogP contribution >= 0.6 is 0 Å². The normalized spacial score (nSPS) is 14.6. The molecule has 4 N–H and O–H groups in total. The van der Waals surface area contributed by atoms with E-state index in [-0.39, 0.29) is 23.9 Å². The van der Waals surface area contributed by atoms with Crippen LogP contribution in [0.4, 0.5) is 0 Å². The molecule has 0 unspecified atom stereocenters. The molecule has 8 heteroatoms. The maximum absolute atomic E-state index is 13.1. The molecule has 0 amide bonds. The number of nitrogens with two attached hydrogens (primary N) is 1. The molecule has 0 aliphatic carbocycles. The van der Waals surface area contributed by atoms with Gasteiger partial charge >= 0.3 is 0 Å². The molecule has 2 rings (SSSR count). The highest BCUT2D eigenvalue weighted by Crippen LogP contribution is 2.19. The predicted octanol–water partition coefficient (Wildman–Crippen LogP) is 2.07. The predicted molar refractivity (Wildman–Crippen MR) is 114 cm³/mol. The SMILES string of the molecule is CC(C)CN(C[C@@H](O)[C@@H](N)Cc1ccccc1)S(=O)(=O)c1ccc(C=NO)cc1. The number of hydrogen-bond donors (Lipinski definition) is 3. The van der Waals surface area contributed by atoms with Gasteiger partial charge in [-0.3, -0.25) is 0 Å². The number of benzene rings is 2. The standard InChI is InChI=1S/C21H29N3O4S/c1-16(2)14-24(15-21(25)20(22)12-17-6-4-3-5-7-17)29(27,28)19-10-8-18(9-11-19)13-23-26/h3-11,13,16,20-21,25-26H,12,14-15,22H2,1-2H3/t20-,21+/m0/s1. The third-order valence-electron chi connectivity index (χ3n) is 4.49. The summed E-state index contributed by atoms with van der Waals surface area (Å²) in [5.41, 5.74) is 7.71. The highest BCUT2D eigenvalue weighted by molar-refractivity contribution is 7.89. The van der Waals surface area contributed by atoms with Crippen LogP contribution in [0.15, 0.2) is 64.6 Å². The van der Waals surface area contributed by atoms with Crippen LogP contribution in [0.3, 0.4) is 0 Å². The Hall–Kier alpha value is -2.26. The molecule has 158 valence electrons. The maximum Gasteiger partial charge on any atom is 0.243 e. The fourth-order valence-electron chi connectivity index (χ4n) is 2.99. The second-order valence-electron chi connectivity index (χ2n) is 7.45. The molecule has 0 bridgehead atoms. The van der Waals surface area contributed by atoms with Crippen LogP contribution in [-0.2, 0) is 16.4 Å².